The summed E-state index contributed by atoms with van der Waals surface area (Å²) in [7, 11) is 1.63. The van der Waals surface area contributed by atoms with Crippen LogP contribution in [-0.2, 0) is 0 Å². The Kier molecular flexibility index (Phi) is 4.76. The maximum Gasteiger partial charge on any atom is 0.224 e. The summed E-state index contributed by atoms with van der Waals surface area (Å²) >= 11 is 0. The van der Waals surface area contributed by atoms with Gasteiger partial charge in [-0.05, 0) is 37.6 Å². The van der Waals surface area contributed by atoms with Gasteiger partial charge in [-0.1, -0.05) is 6.92 Å². The predicted molar refractivity (Wildman–Crippen MR) is 78.6 cm³/mol. The van der Waals surface area contributed by atoms with Crippen LogP contribution in [-0.4, -0.2) is 23.6 Å². The van der Waals surface area contributed by atoms with E-state index in [1.807, 2.05) is 31.2 Å². The number of benzene rings is 1. The molecule has 1 aromatic carbocycles. The van der Waals surface area contributed by atoms with Crippen LogP contribution in [0, 0.1) is 6.92 Å². The molecule has 2 rings (SSSR count). The number of nitrogens with zero attached hydrogens (tertiary/aromatic N) is 2. The molecule has 1 aromatic heterocycles. The van der Waals surface area contributed by atoms with Crippen molar-refractivity contribution in [3.8, 4) is 17.4 Å². The highest BCUT2D eigenvalue weighted by molar-refractivity contribution is 5.40. The summed E-state index contributed by atoms with van der Waals surface area (Å²) < 4.78 is 10.8. The Morgan fingerprint density at radius 2 is 1.80 bits per heavy atom. The molecule has 0 aliphatic rings. The van der Waals surface area contributed by atoms with E-state index in [0.717, 1.165) is 24.5 Å². The quantitative estimate of drug-likeness (QED) is 0.874. The van der Waals surface area contributed by atoms with Crippen molar-refractivity contribution >= 4 is 5.82 Å². The Balaban J connectivity index is 2.12. The van der Waals surface area contributed by atoms with Crippen molar-refractivity contribution in [1.82, 2.24) is 9.97 Å². The lowest BCUT2D eigenvalue weighted by molar-refractivity contribution is 0.412. The molecule has 0 atom stereocenters. The van der Waals surface area contributed by atoms with Crippen molar-refractivity contribution in [3.63, 3.8) is 0 Å². The van der Waals surface area contributed by atoms with Gasteiger partial charge in [0.1, 0.15) is 23.1 Å². The third-order valence-corrected chi connectivity index (χ3v) is 2.65. The van der Waals surface area contributed by atoms with Crippen LogP contribution in [0.3, 0.4) is 0 Å². The molecule has 1 N–H and O–H groups in total. The van der Waals surface area contributed by atoms with E-state index in [1.165, 1.54) is 0 Å². The average molecular weight is 273 g/mol. The maximum atomic E-state index is 5.73. The molecule has 0 aliphatic carbocycles. The molecule has 106 valence electrons. The number of rotatable bonds is 6. The lowest BCUT2D eigenvalue weighted by Crippen LogP contribution is -2.04. The monoisotopic (exact) mass is 273 g/mol. The smallest absolute Gasteiger partial charge is 0.224 e. The van der Waals surface area contributed by atoms with Gasteiger partial charge in [0.25, 0.3) is 0 Å². The van der Waals surface area contributed by atoms with Crippen LogP contribution >= 0.6 is 0 Å². The van der Waals surface area contributed by atoms with Crippen molar-refractivity contribution in [1.29, 1.82) is 0 Å². The van der Waals surface area contributed by atoms with E-state index in [9.17, 15) is 0 Å². The summed E-state index contributed by atoms with van der Waals surface area (Å²) in [5.41, 5.74) is 0. The molecule has 0 saturated carbocycles. The van der Waals surface area contributed by atoms with Crippen molar-refractivity contribution in [2.24, 2.45) is 0 Å². The highest BCUT2D eigenvalue weighted by Gasteiger charge is 2.04. The summed E-state index contributed by atoms with van der Waals surface area (Å²) in [6.45, 7) is 4.83. The first-order valence-corrected chi connectivity index (χ1v) is 6.62. The van der Waals surface area contributed by atoms with Crippen LogP contribution in [0.5, 0.6) is 17.4 Å². The maximum absolute atomic E-state index is 5.73. The number of methoxy groups -OCH3 is 1. The minimum atomic E-state index is 0.529. The molecule has 0 radical (unpaired) electrons. The number of hydrogen-bond acceptors (Lipinski definition) is 5. The molecule has 0 bridgehead atoms. The minimum Gasteiger partial charge on any atom is -0.497 e. The van der Waals surface area contributed by atoms with Gasteiger partial charge < -0.3 is 14.8 Å². The molecule has 0 fully saturated rings. The Morgan fingerprint density at radius 3 is 2.45 bits per heavy atom. The molecule has 5 heteroatoms. The van der Waals surface area contributed by atoms with Crippen LogP contribution < -0.4 is 14.8 Å². The van der Waals surface area contributed by atoms with Gasteiger partial charge in [-0.25, -0.2) is 4.98 Å². The zero-order valence-corrected chi connectivity index (χ0v) is 12.0. The fourth-order valence-electron chi connectivity index (χ4n) is 1.70. The number of aryl methyl sites for hydroxylation is 1. The van der Waals surface area contributed by atoms with E-state index in [0.29, 0.717) is 17.5 Å². The van der Waals surface area contributed by atoms with Gasteiger partial charge in [-0.3, -0.25) is 0 Å². The van der Waals surface area contributed by atoms with E-state index in [-0.39, 0.29) is 0 Å². The summed E-state index contributed by atoms with van der Waals surface area (Å²) in [4.78, 5) is 8.59. The Hall–Kier alpha value is -2.30. The van der Waals surface area contributed by atoms with Crippen molar-refractivity contribution in [3.05, 3.63) is 36.2 Å². The second kappa shape index (κ2) is 6.75. The topological polar surface area (TPSA) is 56.3 Å². The van der Waals surface area contributed by atoms with Gasteiger partial charge in [0.2, 0.25) is 5.88 Å². The van der Waals surface area contributed by atoms with E-state index in [1.54, 1.807) is 13.2 Å². The van der Waals surface area contributed by atoms with Crippen molar-refractivity contribution < 1.29 is 9.47 Å². The largest absolute Gasteiger partial charge is 0.497 e. The molecule has 2 aromatic rings. The summed E-state index contributed by atoms with van der Waals surface area (Å²) in [6.07, 6.45) is 1.04. The Bertz CT molecular complexity index is 556. The van der Waals surface area contributed by atoms with Gasteiger partial charge in [0.15, 0.2) is 0 Å². The summed E-state index contributed by atoms with van der Waals surface area (Å²) in [5, 5.41) is 3.23. The van der Waals surface area contributed by atoms with Crippen molar-refractivity contribution in [2.75, 3.05) is 19.0 Å². The molecular formula is C15H19N3O2. The first kappa shape index (κ1) is 14.1. The summed E-state index contributed by atoms with van der Waals surface area (Å²) in [5.74, 6) is 3.49. The molecule has 0 unspecified atom stereocenters. The molecular weight excluding hydrogens is 254 g/mol. The lowest BCUT2D eigenvalue weighted by Gasteiger charge is -2.09. The fourth-order valence-corrected chi connectivity index (χ4v) is 1.70. The first-order chi connectivity index (χ1) is 9.71. The van der Waals surface area contributed by atoms with Gasteiger partial charge in [0.05, 0.1) is 7.11 Å². The standard InChI is InChI=1S/C15H19N3O2/c1-4-9-16-14-10-15(18-11(2)17-14)20-13-7-5-12(19-3)6-8-13/h5-8,10H,4,9H2,1-3H3,(H,16,17,18). The third kappa shape index (κ3) is 3.85. The number of nitrogens with one attached hydrogen (secondary N) is 1. The van der Waals surface area contributed by atoms with Gasteiger partial charge in [-0.15, -0.1) is 0 Å². The highest BCUT2D eigenvalue weighted by atomic mass is 16.5. The third-order valence-electron chi connectivity index (χ3n) is 2.65. The second-order valence-corrected chi connectivity index (χ2v) is 4.34. The molecule has 20 heavy (non-hydrogen) atoms. The van der Waals surface area contributed by atoms with E-state index in [4.69, 9.17) is 9.47 Å². The zero-order chi connectivity index (χ0) is 14.4. The molecule has 1 heterocycles. The second-order valence-electron chi connectivity index (χ2n) is 4.34. The normalized spacial score (nSPS) is 10.2. The SMILES string of the molecule is CCCNc1cc(Oc2ccc(OC)cc2)nc(C)n1. The van der Waals surface area contributed by atoms with Crippen molar-refractivity contribution in [2.45, 2.75) is 20.3 Å². The Labute approximate surface area is 119 Å². The van der Waals surface area contributed by atoms with Crippen LogP contribution in [0.2, 0.25) is 0 Å². The number of anilines is 1. The summed E-state index contributed by atoms with van der Waals surface area (Å²) in [6, 6.07) is 9.18. The average Bonchev–Trinajstić information content (AvgIpc) is 2.45. The Morgan fingerprint density at radius 1 is 1.10 bits per heavy atom. The van der Waals surface area contributed by atoms with Crippen LogP contribution in [0.25, 0.3) is 0 Å². The van der Waals surface area contributed by atoms with Gasteiger partial charge >= 0.3 is 0 Å². The van der Waals surface area contributed by atoms with Crippen LogP contribution in [0.15, 0.2) is 30.3 Å². The molecule has 0 spiro atoms. The number of hydrogen-bond donors (Lipinski definition) is 1. The molecule has 5 nitrogen and oxygen atoms in total. The van der Waals surface area contributed by atoms with Crippen LogP contribution in [0.4, 0.5) is 5.82 Å². The lowest BCUT2D eigenvalue weighted by atomic mass is 10.3. The van der Waals surface area contributed by atoms with Gasteiger partial charge in [-0.2, -0.15) is 4.98 Å². The number of aromatic nitrogens is 2. The van der Waals surface area contributed by atoms with E-state index >= 15 is 0 Å². The highest BCUT2D eigenvalue weighted by Crippen LogP contribution is 2.23. The zero-order valence-electron chi connectivity index (χ0n) is 12.0. The first-order valence-electron chi connectivity index (χ1n) is 6.62. The molecule has 0 amide bonds. The molecule has 0 aliphatic heterocycles. The van der Waals surface area contributed by atoms with Gasteiger partial charge in [0, 0.05) is 12.6 Å². The predicted octanol–water partition coefficient (Wildman–Crippen LogP) is 3.41. The van der Waals surface area contributed by atoms with Crippen LogP contribution in [0.1, 0.15) is 19.2 Å². The van der Waals surface area contributed by atoms with E-state index in [2.05, 4.69) is 22.2 Å². The fraction of sp³-hybridized carbons (Fsp3) is 0.333. The molecule has 0 saturated heterocycles. The minimum absolute atomic E-state index is 0.529. The number of ether oxygens (including phenoxy) is 2. The van der Waals surface area contributed by atoms with E-state index < -0.39 is 0 Å².